The summed E-state index contributed by atoms with van der Waals surface area (Å²) in [5.74, 6) is 0.139. The molecule has 6 heteroatoms. The van der Waals surface area contributed by atoms with Crippen LogP contribution in [0.3, 0.4) is 0 Å². The van der Waals surface area contributed by atoms with Crippen molar-refractivity contribution in [1.29, 1.82) is 0 Å². The third kappa shape index (κ3) is 3.60. The van der Waals surface area contributed by atoms with Gasteiger partial charge in [-0.25, -0.2) is 9.37 Å². The van der Waals surface area contributed by atoms with Gasteiger partial charge in [0.2, 0.25) is 5.95 Å². The third-order valence-corrected chi connectivity index (χ3v) is 3.43. The summed E-state index contributed by atoms with van der Waals surface area (Å²) in [5.41, 5.74) is 0.832. The zero-order valence-electron chi connectivity index (χ0n) is 11.5. The quantitative estimate of drug-likeness (QED) is 0.791. The van der Waals surface area contributed by atoms with E-state index in [-0.39, 0.29) is 5.82 Å². The summed E-state index contributed by atoms with van der Waals surface area (Å²) in [6.07, 6.45) is 4.11. The van der Waals surface area contributed by atoms with E-state index in [1.165, 1.54) is 6.20 Å². The molecule has 1 aromatic heterocycles. The Morgan fingerprint density at radius 3 is 2.85 bits per heavy atom. The van der Waals surface area contributed by atoms with Crippen LogP contribution < -0.4 is 10.6 Å². The van der Waals surface area contributed by atoms with E-state index in [1.807, 2.05) is 37.4 Å². The van der Waals surface area contributed by atoms with Crippen molar-refractivity contribution >= 4 is 29.2 Å². The standard InChI is InChI=1S/C14H17FN4S/c1-3-8-16-14-17-9-10(15)13(19-14)18-11-6-4-5-7-12(11)20-2/h4-7,9H,3,8H2,1-2H3,(H2,16,17,18,19). The third-order valence-electron chi connectivity index (χ3n) is 2.64. The first-order chi connectivity index (χ1) is 9.74. The highest BCUT2D eigenvalue weighted by molar-refractivity contribution is 7.98. The summed E-state index contributed by atoms with van der Waals surface area (Å²) < 4.78 is 13.8. The van der Waals surface area contributed by atoms with Gasteiger partial charge in [0, 0.05) is 11.4 Å². The van der Waals surface area contributed by atoms with E-state index in [4.69, 9.17) is 0 Å². The largest absolute Gasteiger partial charge is 0.354 e. The van der Waals surface area contributed by atoms with Crippen LogP contribution in [-0.2, 0) is 0 Å². The predicted molar refractivity (Wildman–Crippen MR) is 82.3 cm³/mol. The molecular formula is C14H17FN4S. The minimum atomic E-state index is -0.469. The minimum absolute atomic E-state index is 0.181. The molecule has 0 aliphatic carbocycles. The van der Waals surface area contributed by atoms with Gasteiger partial charge in [0.25, 0.3) is 0 Å². The minimum Gasteiger partial charge on any atom is -0.354 e. The molecule has 1 heterocycles. The Balaban J connectivity index is 2.23. The zero-order valence-corrected chi connectivity index (χ0v) is 12.3. The molecule has 0 saturated heterocycles. The second-order valence-electron chi connectivity index (χ2n) is 4.14. The number of rotatable bonds is 6. The number of hydrogen-bond donors (Lipinski definition) is 2. The SMILES string of the molecule is CCCNc1ncc(F)c(Nc2ccccc2SC)n1. The van der Waals surface area contributed by atoms with Crippen LogP contribution in [0.25, 0.3) is 0 Å². The van der Waals surface area contributed by atoms with Crippen LogP contribution in [0.15, 0.2) is 35.4 Å². The van der Waals surface area contributed by atoms with Crippen molar-refractivity contribution in [3.05, 3.63) is 36.3 Å². The first-order valence-corrected chi connectivity index (χ1v) is 7.63. The van der Waals surface area contributed by atoms with Gasteiger partial charge in [-0.1, -0.05) is 19.1 Å². The maximum atomic E-state index is 13.8. The maximum Gasteiger partial charge on any atom is 0.224 e. The van der Waals surface area contributed by atoms with Gasteiger partial charge in [-0.15, -0.1) is 11.8 Å². The van der Waals surface area contributed by atoms with Crippen LogP contribution in [-0.4, -0.2) is 22.8 Å². The normalized spacial score (nSPS) is 10.3. The highest BCUT2D eigenvalue weighted by Crippen LogP contribution is 2.28. The summed E-state index contributed by atoms with van der Waals surface area (Å²) in [7, 11) is 0. The summed E-state index contributed by atoms with van der Waals surface area (Å²) in [6.45, 7) is 2.80. The molecule has 0 saturated carbocycles. The van der Waals surface area contributed by atoms with Crippen molar-refractivity contribution in [2.45, 2.75) is 18.2 Å². The van der Waals surface area contributed by atoms with E-state index in [0.29, 0.717) is 5.95 Å². The molecule has 106 valence electrons. The zero-order chi connectivity index (χ0) is 14.4. The Bertz CT molecular complexity index is 577. The molecule has 0 amide bonds. The van der Waals surface area contributed by atoms with Gasteiger partial charge in [0.05, 0.1) is 11.9 Å². The van der Waals surface area contributed by atoms with Gasteiger partial charge in [-0.3, -0.25) is 0 Å². The Morgan fingerprint density at radius 2 is 2.10 bits per heavy atom. The Hall–Kier alpha value is -1.82. The van der Waals surface area contributed by atoms with Gasteiger partial charge in [0.1, 0.15) is 0 Å². The number of hydrogen-bond acceptors (Lipinski definition) is 5. The number of benzene rings is 1. The lowest BCUT2D eigenvalue weighted by Gasteiger charge is -2.11. The first kappa shape index (κ1) is 14.6. The average Bonchev–Trinajstić information content (AvgIpc) is 2.48. The van der Waals surface area contributed by atoms with Crippen molar-refractivity contribution in [1.82, 2.24) is 9.97 Å². The molecule has 1 aromatic carbocycles. The van der Waals surface area contributed by atoms with E-state index in [0.717, 1.165) is 23.5 Å². The first-order valence-electron chi connectivity index (χ1n) is 6.41. The average molecular weight is 292 g/mol. The number of nitrogens with one attached hydrogen (secondary N) is 2. The van der Waals surface area contributed by atoms with Crippen LogP contribution >= 0.6 is 11.8 Å². The molecule has 0 atom stereocenters. The number of anilines is 3. The monoisotopic (exact) mass is 292 g/mol. The molecule has 0 aliphatic heterocycles. The van der Waals surface area contributed by atoms with Gasteiger partial charge in [0.15, 0.2) is 11.6 Å². The number of thioether (sulfide) groups is 1. The summed E-state index contributed by atoms with van der Waals surface area (Å²) in [6, 6.07) is 7.72. The molecular weight excluding hydrogens is 275 g/mol. The molecule has 20 heavy (non-hydrogen) atoms. The number of halogens is 1. The topological polar surface area (TPSA) is 49.8 Å². The van der Waals surface area contributed by atoms with Gasteiger partial charge < -0.3 is 10.6 Å². The second-order valence-corrected chi connectivity index (χ2v) is 4.99. The van der Waals surface area contributed by atoms with Gasteiger partial charge in [-0.05, 0) is 24.8 Å². The van der Waals surface area contributed by atoms with E-state index in [9.17, 15) is 4.39 Å². The number of para-hydroxylation sites is 1. The molecule has 2 rings (SSSR count). The predicted octanol–water partition coefficient (Wildman–Crippen LogP) is 3.90. The summed E-state index contributed by atoms with van der Waals surface area (Å²) in [4.78, 5) is 9.12. The number of aromatic nitrogens is 2. The van der Waals surface area contributed by atoms with Crippen molar-refractivity contribution in [3.63, 3.8) is 0 Å². The van der Waals surface area contributed by atoms with E-state index in [1.54, 1.807) is 11.8 Å². The van der Waals surface area contributed by atoms with Gasteiger partial charge in [-0.2, -0.15) is 4.98 Å². The van der Waals surface area contributed by atoms with Crippen LogP contribution in [0, 0.1) is 5.82 Å². The molecule has 2 N–H and O–H groups in total. The Kier molecular flexibility index (Phi) is 5.17. The molecule has 2 aromatic rings. The summed E-state index contributed by atoms with van der Waals surface area (Å²) in [5, 5.41) is 6.06. The fraction of sp³-hybridized carbons (Fsp3) is 0.286. The van der Waals surface area contributed by atoms with Crippen LogP contribution in [0.4, 0.5) is 21.8 Å². The van der Waals surface area contributed by atoms with Crippen molar-refractivity contribution < 1.29 is 4.39 Å². The second kappa shape index (κ2) is 7.09. The fourth-order valence-corrected chi connectivity index (χ4v) is 2.21. The van der Waals surface area contributed by atoms with Crippen molar-refractivity contribution in [3.8, 4) is 0 Å². The highest BCUT2D eigenvalue weighted by Gasteiger charge is 2.09. The van der Waals surface area contributed by atoms with Gasteiger partial charge >= 0.3 is 0 Å². The molecule has 0 unspecified atom stereocenters. The van der Waals surface area contributed by atoms with E-state index < -0.39 is 5.82 Å². The molecule has 0 fully saturated rings. The van der Waals surface area contributed by atoms with Crippen molar-refractivity contribution in [2.75, 3.05) is 23.4 Å². The highest BCUT2D eigenvalue weighted by atomic mass is 32.2. The van der Waals surface area contributed by atoms with Crippen LogP contribution in [0.2, 0.25) is 0 Å². The molecule has 4 nitrogen and oxygen atoms in total. The number of nitrogens with zero attached hydrogens (tertiary/aromatic N) is 2. The lowest BCUT2D eigenvalue weighted by atomic mass is 10.3. The Morgan fingerprint density at radius 1 is 1.30 bits per heavy atom. The molecule has 0 bridgehead atoms. The fourth-order valence-electron chi connectivity index (χ4n) is 1.65. The maximum absolute atomic E-state index is 13.8. The summed E-state index contributed by atoms with van der Waals surface area (Å²) >= 11 is 1.59. The molecule has 0 aliphatic rings. The van der Waals surface area contributed by atoms with Crippen LogP contribution in [0.1, 0.15) is 13.3 Å². The lowest BCUT2D eigenvalue weighted by molar-refractivity contribution is 0.619. The lowest BCUT2D eigenvalue weighted by Crippen LogP contribution is -2.07. The smallest absolute Gasteiger partial charge is 0.224 e. The van der Waals surface area contributed by atoms with Crippen LogP contribution in [0.5, 0.6) is 0 Å². The van der Waals surface area contributed by atoms with E-state index >= 15 is 0 Å². The van der Waals surface area contributed by atoms with E-state index in [2.05, 4.69) is 20.6 Å². The Labute approximate surface area is 122 Å². The molecule has 0 spiro atoms. The van der Waals surface area contributed by atoms with Crippen molar-refractivity contribution in [2.24, 2.45) is 0 Å². The molecule has 0 radical (unpaired) electrons.